The number of methoxy groups -OCH3 is 1. The van der Waals surface area contributed by atoms with Gasteiger partial charge in [0.15, 0.2) is 0 Å². The largest absolute Gasteiger partial charge is 0.491 e. The molecular formula is C12H15NO5. The van der Waals surface area contributed by atoms with Crippen molar-refractivity contribution in [3.8, 4) is 5.75 Å². The third-order valence-electron chi connectivity index (χ3n) is 2.05. The van der Waals surface area contributed by atoms with E-state index < -0.39 is 18.4 Å². The van der Waals surface area contributed by atoms with Crippen molar-refractivity contribution in [1.29, 1.82) is 0 Å². The predicted molar refractivity (Wildman–Crippen MR) is 63.8 cm³/mol. The highest BCUT2D eigenvalue weighted by atomic mass is 16.5. The molecule has 0 radical (unpaired) electrons. The highest BCUT2D eigenvalue weighted by molar-refractivity contribution is 5.96. The first-order chi connectivity index (χ1) is 8.63. The molecule has 0 fully saturated rings. The number of amides is 1. The Morgan fingerprint density at radius 2 is 2.11 bits per heavy atom. The first-order valence-electron chi connectivity index (χ1n) is 5.35. The van der Waals surface area contributed by atoms with E-state index in [4.69, 9.17) is 14.6 Å². The fourth-order valence-electron chi connectivity index (χ4n) is 1.23. The van der Waals surface area contributed by atoms with Crippen LogP contribution in [-0.2, 0) is 9.53 Å². The number of benzene rings is 1. The van der Waals surface area contributed by atoms with E-state index in [1.807, 2.05) is 0 Å². The van der Waals surface area contributed by atoms with Crippen LogP contribution >= 0.6 is 0 Å². The zero-order valence-corrected chi connectivity index (χ0v) is 10.0. The Morgan fingerprint density at radius 3 is 2.78 bits per heavy atom. The lowest BCUT2D eigenvalue weighted by atomic mass is 10.2. The van der Waals surface area contributed by atoms with Gasteiger partial charge in [0.05, 0.1) is 6.61 Å². The molecule has 0 heterocycles. The Kier molecular flexibility index (Phi) is 5.66. The van der Waals surface area contributed by atoms with E-state index in [-0.39, 0.29) is 0 Å². The van der Waals surface area contributed by atoms with E-state index >= 15 is 0 Å². The van der Waals surface area contributed by atoms with E-state index in [2.05, 4.69) is 5.32 Å². The maximum Gasteiger partial charge on any atom is 0.322 e. The van der Waals surface area contributed by atoms with Crippen LogP contribution in [0.1, 0.15) is 10.4 Å². The molecule has 0 saturated carbocycles. The highest BCUT2D eigenvalue weighted by Gasteiger charge is 2.07. The minimum atomic E-state index is -1.09. The summed E-state index contributed by atoms with van der Waals surface area (Å²) in [5, 5.41) is 10.7. The van der Waals surface area contributed by atoms with Gasteiger partial charge in [0.2, 0.25) is 0 Å². The molecule has 6 nitrogen and oxygen atoms in total. The van der Waals surface area contributed by atoms with Crippen LogP contribution in [0, 0.1) is 0 Å². The molecule has 98 valence electrons. The fourth-order valence-corrected chi connectivity index (χ4v) is 1.23. The van der Waals surface area contributed by atoms with E-state index in [0.717, 1.165) is 0 Å². The molecule has 0 saturated heterocycles. The van der Waals surface area contributed by atoms with Gasteiger partial charge in [-0.15, -0.1) is 0 Å². The zero-order chi connectivity index (χ0) is 13.4. The smallest absolute Gasteiger partial charge is 0.322 e. The molecular weight excluding hydrogens is 238 g/mol. The van der Waals surface area contributed by atoms with Crippen molar-refractivity contribution in [2.24, 2.45) is 0 Å². The third kappa shape index (κ3) is 4.84. The molecule has 18 heavy (non-hydrogen) atoms. The van der Waals surface area contributed by atoms with E-state index in [0.29, 0.717) is 24.5 Å². The van der Waals surface area contributed by atoms with Gasteiger partial charge in [0, 0.05) is 12.7 Å². The van der Waals surface area contributed by atoms with Crippen molar-refractivity contribution in [3.05, 3.63) is 29.8 Å². The fraction of sp³-hybridized carbons (Fsp3) is 0.333. The molecule has 1 aromatic carbocycles. The summed E-state index contributed by atoms with van der Waals surface area (Å²) < 4.78 is 10.2. The lowest BCUT2D eigenvalue weighted by molar-refractivity contribution is -0.135. The van der Waals surface area contributed by atoms with Crippen molar-refractivity contribution in [3.63, 3.8) is 0 Å². The number of ether oxygens (including phenoxy) is 2. The molecule has 0 bridgehead atoms. The monoisotopic (exact) mass is 253 g/mol. The SMILES string of the molecule is COCCOc1cccc(C(=O)NCC(=O)O)c1. The van der Waals surface area contributed by atoms with Gasteiger partial charge in [-0.3, -0.25) is 9.59 Å². The summed E-state index contributed by atoms with van der Waals surface area (Å²) in [5.74, 6) is -1.000. The summed E-state index contributed by atoms with van der Waals surface area (Å²) in [7, 11) is 1.57. The normalized spacial score (nSPS) is 9.83. The van der Waals surface area contributed by atoms with Gasteiger partial charge in [-0.25, -0.2) is 0 Å². The van der Waals surface area contributed by atoms with Crippen molar-refractivity contribution in [2.45, 2.75) is 0 Å². The van der Waals surface area contributed by atoms with Crippen LogP contribution in [0.3, 0.4) is 0 Å². The number of hydrogen-bond acceptors (Lipinski definition) is 4. The summed E-state index contributed by atoms with van der Waals surface area (Å²) in [4.78, 5) is 21.9. The second kappa shape index (κ2) is 7.29. The van der Waals surface area contributed by atoms with Crippen LogP contribution in [0.4, 0.5) is 0 Å². The number of carboxylic acid groups (broad SMARTS) is 1. The quantitative estimate of drug-likeness (QED) is 0.692. The Morgan fingerprint density at radius 1 is 1.33 bits per heavy atom. The van der Waals surface area contributed by atoms with Crippen LogP contribution in [-0.4, -0.2) is 43.9 Å². The standard InChI is InChI=1S/C12H15NO5/c1-17-5-6-18-10-4-2-3-9(7-10)12(16)13-8-11(14)15/h2-4,7H,5-6,8H2,1H3,(H,13,16)(H,14,15). The van der Waals surface area contributed by atoms with E-state index in [9.17, 15) is 9.59 Å². The summed E-state index contributed by atoms with van der Waals surface area (Å²) in [6.45, 7) is 0.430. The minimum Gasteiger partial charge on any atom is -0.491 e. The summed E-state index contributed by atoms with van der Waals surface area (Å²) >= 11 is 0. The molecule has 1 aromatic rings. The zero-order valence-electron chi connectivity index (χ0n) is 10.0. The van der Waals surface area contributed by atoms with Gasteiger partial charge in [-0.05, 0) is 18.2 Å². The summed E-state index contributed by atoms with van der Waals surface area (Å²) in [6.07, 6.45) is 0. The van der Waals surface area contributed by atoms with Gasteiger partial charge < -0.3 is 19.9 Å². The van der Waals surface area contributed by atoms with Gasteiger partial charge in [0.25, 0.3) is 5.91 Å². The lowest BCUT2D eigenvalue weighted by Gasteiger charge is -2.07. The molecule has 0 aliphatic heterocycles. The number of aliphatic carboxylic acids is 1. The van der Waals surface area contributed by atoms with Crippen molar-refractivity contribution >= 4 is 11.9 Å². The number of carbonyl (C=O) groups is 2. The molecule has 1 amide bonds. The first kappa shape index (κ1) is 14.0. The summed E-state index contributed by atoms with van der Waals surface area (Å²) in [5.41, 5.74) is 0.353. The molecule has 0 unspecified atom stereocenters. The molecule has 0 aromatic heterocycles. The number of nitrogens with one attached hydrogen (secondary N) is 1. The summed E-state index contributed by atoms with van der Waals surface area (Å²) in [6, 6.07) is 6.51. The number of carboxylic acids is 1. The molecule has 0 spiro atoms. The average Bonchev–Trinajstić information content (AvgIpc) is 2.36. The third-order valence-corrected chi connectivity index (χ3v) is 2.05. The topological polar surface area (TPSA) is 84.9 Å². The van der Waals surface area contributed by atoms with Crippen molar-refractivity contribution in [1.82, 2.24) is 5.32 Å². The second-order valence-electron chi connectivity index (χ2n) is 3.45. The predicted octanol–water partition coefficient (Wildman–Crippen LogP) is 0.526. The maximum absolute atomic E-state index is 11.6. The lowest BCUT2D eigenvalue weighted by Crippen LogP contribution is -2.29. The van der Waals surface area contributed by atoms with Crippen LogP contribution in [0.2, 0.25) is 0 Å². The Labute approximate surface area is 105 Å². The Bertz CT molecular complexity index is 419. The number of rotatable bonds is 7. The molecule has 0 atom stereocenters. The Hall–Kier alpha value is -2.08. The van der Waals surface area contributed by atoms with Gasteiger partial charge in [-0.2, -0.15) is 0 Å². The average molecular weight is 253 g/mol. The maximum atomic E-state index is 11.6. The second-order valence-corrected chi connectivity index (χ2v) is 3.45. The Balaban J connectivity index is 2.57. The van der Waals surface area contributed by atoms with Gasteiger partial charge in [-0.1, -0.05) is 6.07 Å². The van der Waals surface area contributed by atoms with Crippen LogP contribution in [0.5, 0.6) is 5.75 Å². The molecule has 2 N–H and O–H groups in total. The molecule has 0 aliphatic carbocycles. The van der Waals surface area contributed by atoms with Crippen LogP contribution in [0.25, 0.3) is 0 Å². The van der Waals surface area contributed by atoms with Gasteiger partial charge in [0.1, 0.15) is 18.9 Å². The van der Waals surface area contributed by atoms with Crippen LogP contribution in [0.15, 0.2) is 24.3 Å². The van der Waals surface area contributed by atoms with Crippen LogP contribution < -0.4 is 10.1 Å². The molecule has 6 heteroatoms. The highest BCUT2D eigenvalue weighted by Crippen LogP contribution is 2.13. The first-order valence-corrected chi connectivity index (χ1v) is 5.35. The van der Waals surface area contributed by atoms with E-state index in [1.54, 1.807) is 31.4 Å². The van der Waals surface area contributed by atoms with Gasteiger partial charge >= 0.3 is 5.97 Å². The van der Waals surface area contributed by atoms with Crippen molar-refractivity contribution in [2.75, 3.05) is 26.9 Å². The van der Waals surface area contributed by atoms with E-state index in [1.165, 1.54) is 0 Å². The molecule has 0 aliphatic rings. The minimum absolute atomic E-state index is 0.353. The molecule has 1 rings (SSSR count). The number of carbonyl (C=O) groups excluding carboxylic acids is 1. The number of hydrogen-bond donors (Lipinski definition) is 2. The van der Waals surface area contributed by atoms with Crippen molar-refractivity contribution < 1.29 is 24.2 Å².